The molecule has 3 amide bonds. The zero-order chi connectivity index (χ0) is 34.5. The van der Waals surface area contributed by atoms with Gasteiger partial charge in [-0.1, -0.05) is 124 Å². The number of halogens is 4. The van der Waals surface area contributed by atoms with E-state index in [1.807, 2.05) is 0 Å². The fourth-order valence-corrected chi connectivity index (χ4v) is 8.15. The van der Waals surface area contributed by atoms with E-state index in [4.69, 9.17) is 46.4 Å². The standard InChI is InChI=1S/C37H48Cl4N4O3/c1-2-3-4-5-6-7-8-9-10-11-12-13-14-15-17-28(38)22-27-23-34(47)44(36(27)48)30-18-16-20-37(26-30,43-45-33(46)19-21-42-45)35-31(40)24-29(39)25-32(35)41/h13-14,16,18,20-21,24-25,27-28,43H,2-12,15,17,19,22-23,26H2,1H3. The first-order valence-electron chi connectivity index (χ1n) is 17.5. The van der Waals surface area contributed by atoms with Crippen molar-refractivity contribution in [1.82, 2.24) is 15.4 Å². The number of rotatable bonds is 20. The van der Waals surface area contributed by atoms with Crippen LogP contribution in [0.5, 0.6) is 0 Å². The number of nitrogens with one attached hydrogen (secondary N) is 1. The predicted molar refractivity (Wildman–Crippen MR) is 197 cm³/mol. The number of benzene rings is 1. The molecule has 1 saturated heterocycles. The number of amides is 3. The van der Waals surface area contributed by atoms with Gasteiger partial charge in [0.2, 0.25) is 11.8 Å². The summed E-state index contributed by atoms with van der Waals surface area (Å²) in [6.07, 6.45) is 27.9. The van der Waals surface area contributed by atoms with E-state index >= 15 is 0 Å². The highest BCUT2D eigenvalue weighted by molar-refractivity contribution is 6.39. The average molecular weight is 739 g/mol. The number of allylic oxidation sites excluding steroid dienone is 4. The third-order valence-corrected chi connectivity index (χ3v) is 10.4. The lowest BCUT2D eigenvalue weighted by molar-refractivity contribution is -0.138. The molecule has 7 nitrogen and oxygen atoms in total. The molecule has 3 aliphatic rings. The summed E-state index contributed by atoms with van der Waals surface area (Å²) in [5.74, 6) is -1.34. The number of hydrogen-bond donors (Lipinski definition) is 1. The Morgan fingerprint density at radius 3 is 2.23 bits per heavy atom. The van der Waals surface area contributed by atoms with E-state index in [-0.39, 0.29) is 52.4 Å². The molecule has 1 aromatic rings. The minimum absolute atomic E-state index is 0.0927. The Labute approximate surface area is 305 Å². The number of imide groups is 1. The van der Waals surface area contributed by atoms with E-state index in [1.165, 1.54) is 75.3 Å². The van der Waals surface area contributed by atoms with Crippen LogP contribution < -0.4 is 5.43 Å². The Kier molecular flexibility index (Phi) is 15.5. The molecular formula is C37H48Cl4N4O3. The molecule has 11 heteroatoms. The van der Waals surface area contributed by atoms with Crippen molar-refractivity contribution in [2.75, 3.05) is 0 Å². The lowest BCUT2D eigenvalue weighted by Crippen LogP contribution is -2.52. The van der Waals surface area contributed by atoms with Gasteiger partial charge in [-0.3, -0.25) is 19.3 Å². The maximum absolute atomic E-state index is 13.7. The van der Waals surface area contributed by atoms with E-state index in [9.17, 15) is 14.4 Å². The minimum atomic E-state index is -1.20. The maximum Gasteiger partial charge on any atom is 0.263 e. The highest BCUT2D eigenvalue weighted by atomic mass is 35.5. The van der Waals surface area contributed by atoms with E-state index < -0.39 is 11.5 Å². The summed E-state index contributed by atoms with van der Waals surface area (Å²) in [7, 11) is 0. The molecule has 0 bridgehead atoms. The van der Waals surface area contributed by atoms with E-state index in [0.29, 0.717) is 22.7 Å². The summed E-state index contributed by atoms with van der Waals surface area (Å²) in [5, 5.41) is 5.93. The second kappa shape index (κ2) is 19.3. The third kappa shape index (κ3) is 10.7. The first-order valence-corrected chi connectivity index (χ1v) is 19.0. The second-order valence-corrected chi connectivity index (χ2v) is 14.9. The number of carbonyl (C=O) groups is 3. The van der Waals surface area contributed by atoms with Gasteiger partial charge in [-0.2, -0.15) is 15.6 Å². The Bertz CT molecular complexity index is 1390. The Morgan fingerprint density at radius 1 is 0.938 bits per heavy atom. The van der Waals surface area contributed by atoms with E-state index in [1.54, 1.807) is 30.4 Å². The number of unbranched alkanes of at least 4 members (excludes halogenated alkanes) is 10. The van der Waals surface area contributed by atoms with Gasteiger partial charge in [0.1, 0.15) is 0 Å². The largest absolute Gasteiger partial charge is 0.274 e. The minimum Gasteiger partial charge on any atom is -0.274 e. The van der Waals surface area contributed by atoms with Crippen LogP contribution in [0.3, 0.4) is 0 Å². The molecule has 0 saturated carbocycles. The molecule has 1 aliphatic carbocycles. The molecular weight excluding hydrogens is 690 g/mol. The molecule has 3 unspecified atom stereocenters. The quantitative estimate of drug-likeness (QED) is 0.0625. The monoisotopic (exact) mass is 736 g/mol. The summed E-state index contributed by atoms with van der Waals surface area (Å²) in [6, 6.07) is 3.12. The number of nitrogens with zero attached hydrogens (tertiary/aromatic N) is 3. The van der Waals surface area contributed by atoms with Crippen LogP contribution in [-0.2, 0) is 19.9 Å². The van der Waals surface area contributed by atoms with Crippen LogP contribution in [0.25, 0.3) is 0 Å². The highest BCUT2D eigenvalue weighted by Crippen LogP contribution is 2.44. The van der Waals surface area contributed by atoms with Crippen LogP contribution in [-0.4, -0.2) is 39.3 Å². The predicted octanol–water partition coefficient (Wildman–Crippen LogP) is 10.4. The van der Waals surface area contributed by atoms with E-state index in [0.717, 1.165) is 24.4 Å². The number of likely N-dealkylation sites (tertiary alicyclic amines) is 1. The van der Waals surface area contributed by atoms with Gasteiger partial charge in [0.15, 0.2) is 0 Å². The van der Waals surface area contributed by atoms with Crippen molar-refractivity contribution in [3.63, 3.8) is 0 Å². The Hall–Kier alpha value is -2.16. The fourth-order valence-electron chi connectivity index (χ4n) is 6.65. The Balaban J connectivity index is 1.27. The smallest absolute Gasteiger partial charge is 0.263 e. The first-order chi connectivity index (χ1) is 23.1. The third-order valence-electron chi connectivity index (χ3n) is 9.19. The van der Waals surface area contributed by atoms with E-state index in [2.05, 4.69) is 29.6 Å². The Morgan fingerprint density at radius 2 is 1.58 bits per heavy atom. The van der Waals surface area contributed by atoms with Gasteiger partial charge in [-0.25, -0.2) is 0 Å². The average Bonchev–Trinajstić information content (AvgIpc) is 3.56. The first kappa shape index (κ1) is 38.6. The molecule has 0 spiro atoms. The van der Waals surface area contributed by atoms with Gasteiger partial charge in [0, 0.05) is 56.7 Å². The molecule has 1 aromatic carbocycles. The number of hydrogen-bond acceptors (Lipinski definition) is 5. The van der Waals surface area contributed by atoms with Crippen molar-refractivity contribution < 1.29 is 14.4 Å². The number of hydrazone groups is 1. The van der Waals surface area contributed by atoms with Gasteiger partial charge in [-0.15, -0.1) is 11.6 Å². The maximum atomic E-state index is 13.7. The molecule has 262 valence electrons. The van der Waals surface area contributed by atoms with Gasteiger partial charge < -0.3 is 0 Å². The van der Waals surface area contributed by atoms with Crippen LogP contribution in [0.1, 0.15) is 122 Å². The summed E-state index contributed by atoms with van der Waals surface area (Å²) in [4.78, 5) is 40.7. The molecule has 2 heterocycles. The van der Waals surface area contributed by atoms with Crippen LogP contribution in [0, 0.1) is 5.92 Å². The number of carbonyl (C=O) groups excluding carboxylic acids is 3. The van der Waals surface area contributed by atoms with Crippen molar-refractivity contribution in [2.24, 2.45) is 11.0 Å². The summed E-state index contributed by atoms with van der Waals surface area (Å²) in [5.41, 5.74) is 2.86. The number of hydrazine groups is 1. The van der Waals surface area contributed by atoms with Crippen LogP contribution in [0.4, 0.5) is 0 Å². The molecule has 4 rings (SSSR count). The normalized spacial score (nSPS) is 21.7. The number of alkyl halides is 1. The SMILES string of the molecule is CCCCCCCCCCCCC=CCCC(Cl)CC1CC(=O)N(C2=CC=CC(NN3N=CCC3=O)(c3c(Cl)cc(Cl)cc3Cl)C2)C1=O. The molecule has 1 fully saturated rings. The van der Waals surface area contributed by atoms with Crippen LogP contribution in [0.2, 0.25) is 15.1 Å². The van der Waals surface area contributed by atoms with Gasteiger partial charge >= 0.3 is 0 Å². The molecule has 2 aliphatic heterocycles. The van der Waals surface area contributed by atoms with Crippen molar-refractivity contribution in [2.45, 2.75) is 127 Å². The molecule has 1 N–H and O–H groups in total. The summed E-state index contributed by atoms with van der Waals surface area (Å²) in [6.45, 7) is 2.26. The van der Waals surface area contributed by atoms with Crippen molar-refractivity contribution in [1.29, 1.82) is 0 Å². The summed E-state index contributed by atoms with van der Waals surface area (Å²) < 4.78 is 0. The zero-order valence-corrected chi connectivity index (χ0v) is 30.9. The van der Waals surface area contributed by atoms with Gasteiger partial charge in [0.05, 0.1) is 12.0 Å². The highest BCUT2D eigenvalue weighted by Gasteiger charge is 2.46. The van der Waals surface area contributed by atoms with Crippen LogP contribution >= 0.6 is 46.4 Å². The van der Waals surface area contributed by atoms with Gasteiger partial charge in [-0.05, 0) is 50.3 Å². The summed E-state index contributed by atoms with van der Waals surface area (Å²) >= 11 is 26.2. The molecule has 48 heavy (non-hydrogen) atoms. The lowest BCUT2D eigenvalue weighted by Gasteiger charge is -2.39. The molecule has 0 radical (unpaired) electrons. The van der Waals surface area contributed by atoms with Crippen molar-refractivity contribution in [3.8, 4) is 0 Å². The van der Waals surface area contributed by atoms with Crippen molar-refractivity contribution >= 4 is 70.3 Å². The molecule has 3 atom stereocenters. The fraction of sp³-hybridized carbons (Fsp3) is 0.568. The van der Waals surface area contributed by atoms with Gasteiger partial charge in [0.25, 0.3) is 5.91 Å². The topological polar surface area (TPSA) is 82.1 Å². The van der Waals surface area contributed by atoms with Crippen molar-refractivity contribution in [3.05, 3.63) is 68.8 Å². The molecule has 0 aromatic heterocycles. The lowest BCUT2D eigenvalue weighted by atomic mass is 9.82. The van der Waals surface area contributed by atoms with Crippen LogP contribution in [0.15, 0.2) is 53.3 Å². The second-order valence-electron chi connectivity index (χ2n) is 13.1. The zero-order valence-electron chi connectivity index (χ0n) is 27.9.